The molecule has 0 unspecified atom stereocenters. The van der Waals surface area contributed by atoms with Crippen LogP contribution in [-0.4, -0.2) is 72.0 Å². The molecule has 0 heterocycles. The van der Waals surface area contributed by atoms with Crippen molar-refractivity contribution in [2.24, 2.45) is 0 Å². The number of allylic oxidation sites excluding steroid dienone is 1. The Bertz CT molecular complexity index is 24.8. The molecule has 0 amide bonds. The minimum atomic E-state index is 0. The predicted octanol–water partition coefficient (Wildman–Crippen LogP) is -0.00240. The molecule has 0 aliphatic rings. The molecule has 0 aliphatic carbocycles. The molecule has 6 heavy (non-hydrogen) atoms. The third-order valence-corrected chi connectivity index (χ3v) is 0.842. The smallest absolute Gasteiger partial charge is 0 e. The van der Waals surface area contributed by atoms with E-state index in [-0.39, 0.29) is 36.2 Å². The summed E-state index contributed by atoms with van der Waals surface area (Å²) >= 11 is 1.35. The summed E-state index contributed by atoms with van der Waals surface area (Å²) in [7, 11) is 0. The van der Waals surface area contributed by atoms with Crippen LogP contribution in [0.5, 0.6) is 0 Å². The molecule has 0 rings (SSSR count). The van der Waals surface area contributed by atoms with Crippen LogP contribution in [0.15, 0.2) is 12.7 Å². The van der Waals surface area contributed by atoms with E-state index >= 15 is 0 Å². The Morgan fingerprint density at radius 2 is 1.83 bits per heavy atom. The average molecular weight is 115 g/mol. The minimum Gasteiger partial charge on any atom is 0 e. The standard InChI is InChI=1S/C3H5.Al.Ca.Li/c1-3-2;;;/h3H,1-2H2;;;. The van der Waals surface area contributed by atoms with Crippen molar-refractivity contribution in [3.63, 3.8) is 0 Å². The maximum absolute atomic E-state index is 3.51. The van der Waals surface area contributed by atoms with Crippen LogP contribution < -0.4 is 0 Å². The second kappa shape index (κ2) is 15.7. The normalized spacial score (nSPS) is 3.83. The van der Waals surface area contributed by atoms with Gasteiger partial charge in [0.1, 0.15) is 0 Å². The molecule has 0 N–H and O–H groups in total. The Kier molecular flexibility index (Phi) is 41.1. The van der Waals surface area contributed by atoms with Gasteiger partial charge in [-0.2, -0.15) is 0 Å². The van der Waals surface area contributed by atoms with Crippen molar-refractivity contribution in [2.45, 2.75) is 2.52 Å². The van der Waals surface area contributed by atoms with E-state index in [0.717, 1.165) is 0 Å². The third-order valence-electron chi connectivity index (χ3n) is 0.204. The van der Waals surface area contributed by atoms with E-state index in [4.69, 9.17) is 0 Å². The zero-order valence-electron chi connectivity index (χ0n) is 4.28. The molecule has 0 bridgehead atoms. The number of hydrogen-bond donors (Lipinski definition) is 0. The molecule has 0 saturated carbocycles. The van der Waals surface area contributed by atoms with Crippen LogP contribution in [0.2, 0.25) is 2.52 Å². The zero-order chi connectivity index (χ0) is 3.41. The molecule has 23 valence electrons. The van der Waals surface area contributed by atoms with Crippen molar-refractivity contribution < 1.29 is 0 Å². The van der Waals surface area contributed by atoms with Crippen LogP contribution in [0, 0.1) is 0 Å². The van der Waals surface area contributed by atoms with Crippen LogP contribution >= 0.6 is 0 Å². The summed E-state index contributed by atoms with van der Waals surface area (Å²) in [5.41, 5.74) is 0. The van der Waals surface area contributed by atoms with Gasteiger partial charge in [-0.25, -0.2) is 0 Å². The van der Waals surface area contributed by atoms with Crippen LogP contribution in [0.1, 0.15) is 0 Å². The van der Waals surface area contributed by atoms with Gasteiger partial charge in [0.05, 0.1) is 0 Å². The van der Waals surface area contributed by atoms with Crippen molar-refractivity contribution in [3.05, 3.63) is 12.7 Å². The van der Waals surface area contributed by atoms with E-state index in [1.54, 1.807) is 0 Å². The molecule has 0 atom stereocenters. The zero-order valence-corrected chi connectivity index (χ0v) is 7.64. The van der Waals surface area contributed by atoms with Gasteiger partial charge in [-0.05, 0) is 0 Å². The predicted molar refractivity (Wildman–Crippen MR) is 32.3 cm³/mol. The molecule has 0 aromatic rings. The molecular formula is C3H5AlCaLi. The van der Waals surface area contributed by atoms with Gasteiger partial charge in [-0.15, -0.1) is 0 Å². The topological polar surface area (TPSA) is 0 Å². The summed E-state index contributed by atoms with van der Waals surface area (Å²) in [6, 6.07) is 0. The van der Waals surface area contributed by atoms with E-state index in [1.165, 1.54) is 38.3 Å². The molecule has 5 radical (unpaired) electrons. The third kappa shape index (κ3) is 16.5. The first-order chi connectivity index (χ1) is 1.91. The fourth-order valence-corrected chi connectivity index (χ4v) is 0. The van der Waals surface area contributed by atoms with Gasteiger partial charge < -0.3 is 0 Å². The van der Waals surface area contributed by atoms with Crippen molar-refractivity contribution >= 4 is 72.0 Å². The summed E-state index contributed by atoms with van der Waals surface area (Å²) in [5, 5.41) is 0. The number of rotatable bonds is 1. The second-order valence-electron chi connectivity index (χ2n) is 0.577. The fraction of sp³-hybridized carbons (Fsp3) is 0.333. The molecule has 0 aliphatic heterocycles. The van der Waals surface area contributed by atoms with Gasteiger partial charge in [-0.1, -0.05) is 0 Å². The van der Waals surface area contributed by atoms with Crippen molar-refractivity contribution in [1.82, 2.24) is 0 Å². The summed E-state index contributed by atoms with van der Waals surface area (Å²) in [6.07, 6.45) is 1.93. The minimum absolute atomic E-state index is 0. The van der Waals surface area contributed by atoms with Crippen LogP contribution in [0.3, 0.4) is 0 Å². The Morgan fingerprint density at radius 1 is 1.67 bits per heavy atom. The largest absolute Gasteiger partial charge is 0 e. The molecule has 0 nitrogen and oxygen atoms in total. The summed E-state index contributed by atoms with van der Waals surface area (Å²) < 4.78 is 1.21. The second-order valence-corrected chi connectivity index (χ2v) is 1.48. The van der Waals surface area contributed by atoms with Crippen molar-refractivity contribution in [1.29, 1.82) is 0 Å². The van der Waals surface area contributed by atoms with Gasteiger partial charge >= 0.3 is 51.0 Å². The van der Waals surface area contributed by atoms with Gasteiger partial charge in [0.25, 0.3) is 0 Å². The molecule has 0 spiro atoms. The number of hydrogen-bond acceptors (Lipinski definition) is 0. The SMILES string of the molecule is C=C[CH2][Ca].[Al].[Li]. The van der Waals surface area contributed by atoms with E-state index in [1.807, 2.05) is 6.08 Å². The Hall–Kier alpha value is 2.13. The Labute approximate surface area is 85.7 Å². The van der Waals surface area contributed by atoms with Gasteiger partial charge in [0.15, 0.2) is 0 Å². The molecule has 0 fully saturated rings. The van der Waals surface area contributed by atoms with Gasteiger partial charge in [-0.3, -0.25) is 0 Å². The van der Waals surface area contributed by atoms with E-state index < -0.39 is 0 Å². The van der Waals surface area contributed by atoms with Gasteiger partial charge in [0, 0.05) is 36.2 Å². The molecular weight excluding hydrogens is 110 g/mol. The molecule has 0 saturated heterocycles. The van der Waals surface area contributed by atoms with E-state index in [2.05, 4.69) is 6.58 Å². The molecule has 3 heteroatoms. The van der Waals surface area contributed by atoms with Crippen molar-refractivity contribution in [3.8, 4) is 0 Å². The van der Waals surface area contributed by atoms with Crippen molar-refractivity contribution in [2.75, 3.05) is 0 Å². The first-order valence-electron chi connectivity index (χ1n) is 1.32. The van der Waals surface area contributed by atoms with Crippen LogP contribution in [-0.2, 0) is 0 Å². The van der Waals surface area contributed by atoms with Gasteiger partial charge in [0.2, 0.25) is 0 Å². The Morgan fingerprint density at radius 3 is 1.83 bits per heavy atom. The van der Waals surface area contributed by atoms with E-state index in [0.29, 0.717) is 0 Å². The monoisotopic (exact) mass is 115 g/mol. The molecule has 0 aromatic carbocycles. The van der Waals surface area contributed by atoms with Crippen LogP contribution in [0.4, 0.5) is 0 Å². The summed E-state index contributed by atoms with van der Waals surface area (Å²) in [5.74, 6) is 0. The average Bonchev–Trinajstić information content (AvgIpc) is 1.37. The van der Waals surface area contributed by atoms with Crippen LogP contribution in [0.25, 0.3) is 0 Å². The van der Waals surface area contributed by atoms with E-state index in [9.17, 15) is 0 Å². The maximum Gasteiger partial charge on any atom is 0 e. The fourth-order valence-electron chi connectivity index (χ4n) is 0. The quantitative estimate of drug-likeness (QED) is 0.333. The Balaban J connectivity index is -0.0000000450. The maximum atomic E-state index is 3.51. The first kappa shape index (κ1) is 15.7. The molecule has 0 aromatic heterocycles. The first-order valence-corrected chi connectivity index (χ1v) is 2.88. The summed E-state index contributed by atoms with van der Waals surface area (Å²) in [6.45, 7) is 3.51. The summed E-state index contributed by atoms with van der Waals surface area (Å²) in [4.78, 5) is 0.